The van der Waals surface area contributed by atoms with Crippen molar-refractivity contribution < 1.29 is 4.42 Å². The van der Waals surface area contributed by atoms with Gasteiger partial charge in [-0.15, -0.1) is 0 Å². The van der Waals surface area contributed by atoms with Crippen LogP contribution in [0.5, 0.6) is 0 Å². The minimum absolute atomic E-state index is 0.589. The first kappa shape index (κ1) is 30.4. The van der Waals surface area contributed by atoms with Gasteiger partial charge in [0.15, 0.2) is 17.5 Å². The molecule has 1 aliphatic rings. The lowest BCUT2D eigenvalue weighted by Gasteiger charge is -2.23. The molecule has 2 aromatic heterocycles. The van der Waals surface area contributed by atoms with E-state index < -0.39 is 8.07 Å². The molecule has 0 spiro atoms. The monoisotopic (exact) mass is 683 g/mol. The molecule has 0 saturated heterocycles. The molecule has 0 amide bonds. The quantitative estimate of drug-likeness (QED) is 0.169. The van der Waals surface area contributed by atoms with E-state index in [9.17, 15) is 0 Å². The maximum atomic E-state index is 6.71. The number of nitrogens with zero attached hydrogens (tertiary/aromatic N) is 3. The zero-order chi connectivity index (χ0) is 34.8. The highest BCUT2D eigenvalue weighted by Crippen LogP contribution is 2.42. The number of hydrogen-bond donors (Lipinski definition) is 0. The van der Waals surface area contributed by atoms with E-state index in [0.29, 0.717) is 17.5 Å². The van der Waals surface area contributed by atoms with Crippen LogP contribution < -0.4 is 10.4 Å². The summed E-state index contributed by atoms with van der Waals surface area (Å²) in [4.78, 5) is 15.8. The van der Waals surface area contributed by atoms with Crippen LogP contribution in [0.4, 0.5) is 0 Å². The molecule has 3 heterocycles. The fourth-order valence-electron chi connectivity index (χ4n) is 8.17. The molecule has 0 fully saturated rings. The summed E-state index contributed by atoms with van der Waals surface area (Å²) in [5.74, 6) is 1.89. The molecular weight excluding hydrogens is 651 g/mol. The van der Waals surface area contributed by atoms with E-state index in [2.05, 4.69) is 147 Å². The third kappa shape index (κ3) is 4.70. The van der Waals surface area contributed by atoms with Crippen molar-refractivity contribution >= 4 is 40.4 Å². The number of aromatic nitrogens is 3. The molecule has 10 rings (SSSR count). The van der Waals surface area contributed by atoms with Gasteiger partial charge in [-0.25, -0.2) is 15.0 Å². The van der Waals surface area contributed by atoms with Gasteiger partial charge in [-0.2, -0.15) is 0 Å². The summed E-state index contributed by atoms with van der Waals surface area (Å²) in [6.07, 6.45) is 0. The SMILES string of the molecule is C[Si]1(C)c2ccccc2-c2c(-c3ccccc3)ccc(-c3nc(-c4ccccc4)nc(-c4cccc5c4oc4cccc(-c6ccccc6)c45)n3)c21. The number of benzene rings is 7. The Kier molecular flexibility index (Phi) is 6.91. The Hall–Kier alpha value is -6.43. The van der Waals surface area contributed by atoms with E-state index in [4.69, 9.17) is 19.4 Å². The van der Waals surface area contributed by atoms with Gasteiger partial charge in [0.25, 0.3) is 0 Å². The van der Waals surface area contributed by atoms with Crippen LogP contribution in [-0.2, 0) is 0 Å². The lowest BCUT2D eigenvalue weighted by molar-refractivity contribution is 0.669. The van der Waals surface area contributed by atoms with Crippen LogP contribution in [-0.4, -0.2) is 23.0 Å². The van der Waals surface area contributed by atoms with Gasteiger partial charge in [0.1, 0.15) is 19.2 Å². The fourth-order valence-corrected chi connectivity index (χ4v) is 11.6. The summed E-state index contributed by atoms with van der Waals surface area (Å²) < 4.78 is 6.71. The smallest absolute Gasteiger partial charge is 0.167 e. The second-order valence-electron chi connectivity index (χ2n) is 13.9. The van der Waals surface area contributed by atoms with Crippen LogP contribution in [0.2, 0.25) is 13.1 Å². The molecule has 5 heteroatoms. The van der Waals surface area contributed by atoms with Crippen LogP contribution in [0.3, 0.4) is 0 Å². The first-order chi connectivity index (χ1) is 25.6. The highest BCUT2D eigenvalue weighted by atomic mass is 28.3. The van der Waals surface area contributed by atoms with Crippen LogP contribution in [0, 0.1) is 0 Å². The first-order valence-electron chi connectivity index (χ1n) is 17.7. The average Bonchev–Trinajstić information content (AvgIpc) is 3.71. The molecule has 1 aliphatic heterocycles. The van der Waals surface area contributed by atoms with E-state index in [-0.39, 0.29) is 0 Å². The van der Waals surface area contributed by atoms with E-state index >= 15 is 0 Å². The number of furan rings is 1. The highest BCUT2D eigenvalue weighted by Gasteiger charge is 2.41. The largest absolute Gasteiger partial charge is 0.455 e. The Morgan fingerprint density at radius 2 is 0.962 bits per heavy atom. The topological polar surface area (TPSA) is 51.8 Å². The van der Waals surface area contributed by atoms with Gasteiger partial charge in [0.2, 0.25) is 0 Å². The van der Waals surface area contributed by atoms with Crippen molar-refractivity contribution in [2.24, 2.45) is 0 Å². The molecule has 9 aromatic rings. The Morgan fingerprint density at radius 1 is 0.423 bits per heavy atom. The number of rotatable bonds is 5. The van der Waals surface area contributed by atoms with Gasteiger partial charge < -0.3 is 4.42 Å². The third-order valence-electron chi connectivity index (χ3n) is 10.5. The van der Waals surface area contributed by atoms with Crippen LogP contribution >= 0.6 is 0 Å². The van der Waals surface area contributed by atoms with Crippen molar-refractivity contribution in [2.75, 3.05) is 0 Å². The molecule has 0 unspecified atom stereocenters. The molecule has 0 aliphatic carbocycles. The zero-order valence-corrected chi connectivity index (χ0v) is 29.8. The Bertz CT molecular complexity index is 2810. The van der Waals surface area contributed by atoms with Gasteiger partial charge in [-0.05, 0) is 55.9 Å². The summed E-state index contributed by atoms with van der Waals surface area (Å²) in [7, 11) is -2.19. The minimum Gasteiger partial charge on any atom is -0.455 e. The molecule has 52 heavy (non-hydrogen) atoms. The molecule has 0 atom stereocenters. The maximum Gasteiger partial charge on any atom is 0.167 e. The van der Waals surface area contributed by atoms with Gasteiger partial charge in [0, 0.05) is 21.9 Å². The summed E-state index contributed by atoms with van der Waals surface area (Å²) in [5.41, 5.74) is 11.8. The Balaban J connectivity index is 1.24. The normalized spacial score (nSPS) is 13.0. The van der Waals surface area contributed by atoms with Crippen molar-refractivity contribution in [1.29, 1.82) is 0 Å². The lowest BCUT2D eigenvalue weighted by Crippen LogP contribution is -2.50. The molecule has 7 aromatic carbocycles. The zero-order valence-electron chi connectivity index (χ0n) is 28.8. The second-order valence-corrected chi connectivity index (χ2v) is 18.2. The minimum atomic E-state index is -2.19. The van der Waals surface area contributed by atoms with E-state index in [0.717, 1.165) is 49.8 Å². The van der Waals surface area contributed by atoms with Gasteiger partial charge in [-0.1, -0.05) is 165 Å². The maximum absolute atomic E-state index is 6.71. The third-order valence-corrected chi connectivity index (χ3v) is 14.1. The van der Waals surface area contributed by atoms with Crippen molar-refractivity contribution in [3.05, 3.63) is 164 Å². The molecular formula is C47H33N3OSi. The van der Waals surface area contributed by atoms with E-state index in [1.54, 1.807) is 0 Å². The summed E-state index contributed by atoms with van der Waals surface area (Å²) >= 11 is 0. The van der Waals surface area contributed by atoms with Crippen LogP contribution in [0.25, 0.3) is 89.5 Å². The molecule has 0 saturated carbocycles. The van der Waals surface area contributed by atoms with Gasteiger partial charge in [0.05, 0.1) is 5.56 Å². The molecule has 0 radical (unpaired) electrons. The molecule has 0 bridgehead atoms. The molecule has 246 valence electrons. The second kappa shape index (κ2) is 11.8. The van der Waals surface area contributed by atoms with Gasteiger partial charge in [-0.3, -0.25) is 0 Å². The lowest BCUT2D eigenvalue weighted by atomic mass is 9.92. The van der Waals surface area contributed by atoms with Crippen molar-refractivity contribution in [1.82, 2.24) is 15.0 Å². The standard InChI is InChI=1S/C47H33N3OSi/c1-52(2)40-27-13-12-22-35(40)42-34(31-18-8-4-9-19-31)28-29-38(44(42)52)47-49-45(32-20-10-5-11-21-32)48-46(50-47)37-25-14-24-36-41-33(30-16-6-3-7-17-30)23-15-26-39(41)51-43(36)37/h3-29H,1-2H3. The summed E-state index contributed by atoms with van der Waals surface area (Å²) in [5, 5.41) is 4.92. The number of fused-ring (bicyclic) bond motifs is 6. The number of hydrogen-bond acceptors (Lipinski definition) is 4. The van der Waals surface area contributed by atoms with Crippen molar-refractivity contribution in [2.45, 2.75) is 13.1 Å². The van der Waals surface area contributed by atoms with Gasteiger partial charge >= 0.3 is 0 Å². The average molecular weight is 684 g/mol. The first-order valence-corrected chi connectivity index (χ1v) is 20.7. The number of para-hydroxylation sites is 1. The Labute approximate surface area is 303 Å². The summed E-state index contributed by atoms with van der Waals surface area (Å²) in [6.45, 7) is 4.91. The Morgan fingerprint density at radius 3 is 1.69 bits per heavy atom. The van der Waals surface area contributed by atoms with Crippen molar-refractivity contribution in [3.63, 3.8) is 0 Å². The molecule has 4 nitrogen and oxygen atoms in total. The molecule has 0 N–H and O–H groups in total. The predicted molar refractivity (Wildman–Crippen MR) is 216 cm³/mol. The fraction of sp³-hybridized carbons (Fsp3) is 0.0426. The van der Waals surface area contributed by atoms with Crippen LogP contribution in [0.1, 0.15) is 0 Å². The predicted octanol–water partition coefficient (Wildman–Crippen LogP) is 10.9. The highest BCUT2D eigenvalue weighted by molar-refractivity contribution is 7.04. The van der Waals surface area contributed by atoms with E-state index in [1.807, 2.05) is 30.3 Å². The van der Waals surface area contributed by atoms with Crippen molar-refractivity contribution in [3.8, 4) is 67.5 Å². The summed E-state index contributed by atoms with van der Waals surface area (Å²) in [6, 6.07) is 57.4. The van der Waals surface area contributed by atoms with Crippen LogP contribution in [0.15, 0.2) is 168 Å². The van der Waals surface area contributed by atoms with E-state index in [1.165, 1.54) is 32.6 Å².